The van der Waals surface area contributed by atoms with Crippen molar-refractivity contribution in [3.63, 3.8) is 0 Å². The molecule has 3 rings (SSSR count). The Bertz CT molecular complexity index is 828. The molecule has 2 heterocycles. The van der Waals surface area contributed by atoms with Gasteiger partial charge in [-0.2, -0.15) is 0 Å². The molecule has 1 aliphatic heterocycles. The van der Waals surface area contributed by atoms with Gasteiger partial charge in [-0.1, -0.05) is 31.4 Å². The van der Waals surface area contributed by atoms with Crippen LogP contribution in [0.15, 0.2) is 35.3 Å². The number of halogens is 3. The van der Waals surface area contributed by atoms with E-state index in [-0.39, 0.29) is 12.1 Å². The Balaban J connectivity index is 2.40. The van der Waals surface area contributed by atoms with Crippen LogP contribution in [0.4, 0.5) is 20.2 Å². The molecule has 0 saturated heterocycles. The number of anilines is 2. The first-order chi connectivity index (χ1) is 11.3. The van der Waals surface area contributed by atoms with E-state index >= 15 is 8.78 Å². The standard InChI is InChI=1S/C18H19ClF2N2O/c1-3-4-8-18(17(2,20)21)12-7-9-22-16(24)15(12)23-14-6-5-11(19)10-13(14)18/h5-7,9-10,23H,3-4,8H2,1-2H3,(H,22,24). The summed E-state index contributed by atoms with van der Waals surface area (Å²) in [6.45, 7) is 2.88. The van der Waals surface area contributed by atoms with E-state index in [9.17, 15) is 4.79 Å². The van der Waals surface area contributed by atoms with Crippen LogP contribution in [0.5, 0.6) is 0 Å². The highest BCUT2D eigenvalue weighted by molar-refractivity contribution is 6.30. The lowest BCUT2D eigenvalue weighted by atomic mass is 9.64. The monoisotopic (exact) mass is 352 g/mol. The lowest BCUT2D eigenvalue weighted by molar-refractivity contribution is -0.0488. The number of H-pyrrole nitrogens is 1. The predicted molar refractivity (Wildman–Crippen MR) is 92.7 cm³/mol. The minimum atomic E-state index is -3.06. The fourth-order valence-corrected chi connectivity index (χ4v) is 3.79. The van der Waals surface area contributed by atoms with Crippen molar-refractivity contribution in [1.82, 2.24) is 4.98 Å². The molecule has 0 bridgehead atoms. The van der Waals surface area contributed by atoms with Crippen LogP contribution in [-0.2, 0) is 5.41 Å². The molecule has 1 aromatic carbocycles. The second kappa shape index (κ2) is 5.88. The molecular weight excluding hydrogens is 334 g/mol. The van der Waals surface area contributed by atoms with Gasteiger partial charge in [0, 0.05) is 23.8 Å². The molecule has 6 heteroatoms. The number of nitrogens with one attached hydrogen (secondary N) is 2. The number of fused-ring (bicyclic) bond motifs is 2. The van der Waals surface area contributed by atoms with E-state index in [1.165, 1.54) is 6.20 Å². The molecule has 0 radical (unpaired) electrons. The summed E-state index contributed by atoms with van der Waals surface area (Å²) < 4.78 is 30.0. The van der Waals surface area contributed by atoms with Gasteiger partial charge < -0.3 is 10.3 Å². The van der Waals surface area contributed by atoms with Gasteiger partial charge in [-0.25, -0.2) is 8.78 Å². The van der Waals surface area contributed by atoms with E-state index in [2.05, 4.69) is 10.3 Å². The summed E-state index contributed by atoms with van der Waals surface area (Å²) in [5.74, 6) is -3.06. The lowest BCUT2D eigenvalue weighted by Crippen LogP contribution is -2.47. The maximum absolute atomic E-state index is 15.0. The predicted octanol–water partition coefficient (Wildman–Crippen LogP) is 5.22. The zero-order valence-corrected chi connectivity index (χ0v) is 14.3. The quantitative estimate of drug-likeness (QED) is 0.792. The Hall–Kier alpha value is -1.88. The number of pyridine rings is 1. The number of hydrogen-bond acceptors (Lipinski definition) is 2. The Morgan fingerprint density at radius 3 is 2.67 bits per heavy atom. The highest BCUT2D eigenvalue weighted by Crippen LogP contribution is 2.55. The van der Waals surface area contributed by atoms with Crippen LogP contribution in [0.1, 0.15) is 44.2 Å². The van der Waals surface area contributed by atoms with Crippen molar-refractivity contribution >= 4 is 23.0 Å². The molecule has 0 saturated carbocycles. The Morgan fingerprint density at radius 1 is 1.25 bits per heavy atom. The number of aromatic nitrogens is 1. The summed E-state index contributed by atoms with van der Waals surface area (Å²) in [5.41, 5.74) is -0.543. The van der Waals surface area contributed by atoms with Crippen LogP contribution >= 0.6 is 11.6 Å². The van der Waals surface area contributed by atoms with E-state index in [1.807, 2.05) is 6.92 Å². The fourth-order valence-electron chi connectivity index (χ4n) is 3.62. The number of rotatable bonds is 4. The summed E-state index contributed by atoms with van der Waals surface area (Å²) in [6, 6.07) is 6.44. The summed E-state index contributed by atoms with van der Waals surface area (Å²) in [4.78, 5) is 14.8. The Kier molecular flexibility index (Phi) is 4.16. The molecule has 1 unspecified atom stereocenters. The summed E-state index contributed by atoms with van der Waals surface area (Å²) in [6.07, 6.45) is 3.05. The molecule has 128 valence electrons. The first-order valence-corrected chi connectivity index (χ1v) is 8.36. The number of benzene rings is 1. The van der Waals surface area contributed by atoms with E-state index in [1.54, 1.807) is 24.3 Å². The largest absolute Gasteiger partial charge is 0.351 e. The van der Waals surface area contributed by atoms with E-state index < -0.39 is 16.9 Å². The molecule has 2 N–H and O–H groups in total. The minimum absolute atomic E-state index is 0.185. The minimum Gasteiger partial charge on any atom is -0.351 e. The third-order valence-electron chi connectivity index (χ3n) is 4.78. The fraction of sp³-hybridized carbons (Fsp3) is 0.389. The molecule has 2 aromatic rings. The molecule has 1 aromatic heterocycles. The summed E-state index contributed by atoms with van der Waals surface area (Å²) in [7, 11) is 0. The molecule has 0 amide bonds. The maximum atomic E-state index is 15.0. The summed E-state index contributed by atoms with van der Waals surface area (Å²) >= 11 is 6.11. The third-order valence-corrected chi connectivity index (χ3v) is 5.01. The molecule has 0 aliphatic carbocycles. The van der Waals surface area contributed by atoms with Crippen molar-refractivity contribution in [2.75, 3.05) is 5.32 Å². The molecule has 0 fully saturated rings. The van der Waals surface area contributed by atoms with Gasteiger partial charge in [-0.05, 0) is 41.8 Å². The second-order valence-corrected chi connectivity index (χ2v) is 6.74. The smallest absolute Gasteiger partial charge is 0.271 e. The number of alkyl halides is 2. The average Bonchev–Trinajstić information content (AvgIpc) is 2.51. The van der Waals surface area contributed by atoms with Crippen LogP contribution in [0.2, 0.25) is 5.02 Å². The van der Waals surface area contributed by atoms with Gasteiger partial charge in [0.05, 0.1) is 5.41 Å². The van der Waals surface area contributed by atoms with Gasteiger partial charge in [-0.15, -0.1) is 0 Å². The molecule has 0 spiro atoms. The van der Waals surface area contributed by atoms with Gasteiger partial charge >= 0.3 is 0 Å². The number of unbranched alkanes of at least 4 members (excludes halogenated alkanes) is 1. The molecule has 24 heavy (non-hydrogen) atoms. The van der Waals surface area contributed by atoms with Gasteiger partial charge in [0.15, 0.2) is 0 Å². The van der Waals surface area contributed by atoms with Crippen molar-refractivity contribution in [3.05, 3.63) is 57.0 Å². The molecular formula is C18H19ClF2N2O. The Labute approximate surface area is 144 Å². The van der Waals surface area contributed by atoms with E-state index in [4.69, 9.17) is 11.6 Å². The Morgan fingerprint density at radius 2 is 2.00 bits per heavy atom. The van der Waals surface area contributed by atoms with Crippen molar-refractivity contribution in [2.24, 2.45) is 0 Å². The molecule has 1 aliphatic rings. The van der Waals surface area contributed by atoms with Crippen LogP contribution in [0.3, 0.4) is 0 Å². The number of hydrogen-bond donors (Lipinski definition) is 2. The van der Waals surface area contributed by atoms with Crippen molar-refractivity contribution in [2.45, 2.75) is 44.4 Å². The van der Waals surface area contributed by atoms with Crippen LogP contribution in [-0.4, -0.2) is 10.9 Å². The molecule has 3 nitrogen and oxygen atoms in total. The average molecular weight is 353 g/mol. The van der Waals surface area contributed by atoms with Crippen molar-refractivity contribution in [3.8, 4) is 0 Å². The first-order valence-electron chi connectivity index (χ1n) is 7.98. The normalized spacial score (nSPS) is 19.4. The second-order valence-electron chi connectivity index (χ2n) is 6.31. The summed E-state index contributed by atoms with van der Waals surface area (Å²) in [5, 5.41) is 3.40. The van der Waals surface area contributed by atoms with Crippen LogP contribution < -0.4 is 10.9 Å². The first kappa shape index (κ1) is 17.0. The van der Waals surface area contributed by atoms with E-state index in [0.717, 1.165) is 13.3 Å². The molecule has 1 atom stereocenters. The van der Waals surface area contributed by atoms with Crippen molar-refractivity contribution < 1.29 is 8.78 Å². The zero-order valence-electron chi connectivity index (χ0n) is 13.6. The van der Waals surface area contributed by atoms with Gasteiger partial charge in [0.25, 0.3) is 11.5 Å². The highest BCUT2D eigenvalue weighted by Gasteiger charge is 2.55. The van der Waals surface area contributed by atoms with Gasteiger partial charge in [-0.3, -0.25) is 4.79 Å². The van der Waals surface area contributed by atoms with E-state index in [0.29, 0.717) is 28.3 Å². The van der Waals surface area contributed by atoms with Crippen molar-refractivity contribution in [1.29, 1.82) is 0 Å². The lowest BCUT2D eigenvalue weighted by Gasteiger charge is -2.44. The highest BCUT2D eigenvalue weighted by atomic mass is 35.5. The van der Waals surface area contributed by atoms with Gasteiger partial charge in [0.2, 0.25) is 0 Å². The van der Waals surface area contributed by atoms with Gasteiger partial charge in [0.1, 0.15) is 5.69 Å². The zero-order chi connectivity index (χ0) is 17.5. The number of aromatic amines is 1. The SMILES string of the molecule is CCCCC1(C(C)(F)F)c2cc(Cl)ccc2Nc2c1cc[nH]c2=O. The third kappa shape index (κ3) is 2.42. The van der Waals surface area contributed by atoms with Crippen LogP contribution in [0.25, 0.3) is 0 Å². The maximum Gasteiger partial charge on any atom is 0.271 e. The van der Waals surface area contributed by atoms with Crippen LogP contribution in [0, 0.1) is 0 Å². The topological polar surface area (TPSA) is 44.9 Å².